The minimum Gasteiger partial charge on any atom is -0.477 e. The number of aryl methyl sites for hydroxylation is 1. The summed E-state index contributed by atoms with van der Waals surface area (Å²) in [5, 5.41) is 0.602. The van der Waals surface area contributed by atoms with Crippen molar-refractivity contribution in [1.82, 2.24) is 14.9 Å². The maximum Gasteiger partial charge on any atom is 0.261 e. The molecule has 29 heavy (non-hydrogen) atoms. The minimum atomic E-state index is -0.0885. The highest BCUT2D eigenvalue weighted by Crippen LogP contribution is 2.34. The second kappa shape index (κ2) is 8.66. The first-order valence-electron chi connectivity index (χ1n) is 9.65. The first-order valence-corrected chi connectivity index (χ1v) is 10.9. The van der Waals surface area contributed by atoms with Crippen molar-refractivity contribution in [2.24, 2.45) is 0 Å². The van der Waals surface area contributed by atoms with Crippen molar-refractivity contribution in [3.8, 4) is 17.1 Å². The Kier molecular flexibility index (Phi) is 5.81. The van der Waals surface area contributed by atoms with Gasteiger partial charge in [0, 0.05) is 18.7 Å². The summed E-state index contributed by atoms with van der Waals surface area (Å²) in [6.45, 7) is 3.73. The smallest absolute Gasteiger partial charge is 0.261 e. The molecular formula is C23H23N3O2S. The molecule has 0 fully saturated rings. The zero-order valence-electron chi connectivity index (χ0n) is 16.6. The van der Waals surface area contributed by atoms with Gasteiger partial charge < -0.3 is 9.64 Å². The Labute approximate surface area is 175 Å². The third kappa shape index (κ3) is 4.12. The molecule has 0 saturated heterocycles. The summed E-state index contributed by atoms with van der Waals surface area (Å²) in [5.74, 6) is 0.292. The topological polar surface area (TPSA) is 55.3 Å². The Morgan fingerprint density at radius 2 is 1.83 bits per heavy atom. The Balaban J connectivity index is 1.84. The predicted octanol–water partition coefficient (Wildman–Crippen LogP) is 4.60. The fourth-order valence-electron chi connectivity index (χ4n) is 3.48. The molecule has 0 atom stereocenters. The second-order valence-electron chi connectivity index (χ2n) is 6.97. The molecule has 5 nitrogen and oxygen atoms in total. The largest absolute Gasteiger partial charge is 0.477 e. The number of carbonyl (C=O) groups is 1. The van der Waals surface area contributed by atoms with Crippen molar-refractivity contribution in [2.75, 3.05) is 19.4 Å². The van der Waals surface area contributed by atoms with Crippen molar-refractivity contribution in [3.63, 3.8) is 0 Å². The predicted molar refractivity (Wildman–Crippen MR) is 115 cm³/mol. The van der Waals surface area contributed by atoms with Crippen LogP contribution >= 0.6 is 11.8 Å². The summed E-state index contributed by atoms with van der Waals surface area (Å²) < 4.78 is 5.93. The number of benzene rings is 2. The van der Waals surface area contributed by atoms with Crippen LogP contribution in [0, 0.1) is 6.92 Å². The van der Waals surface area contributed by atoms with Gasteiger partial charge in [-0.15, -0.1) is 0 Å². The van der Waals surface area contributed by atoms with Gasteiger partial charge in [0.1, 0.15) is 5.56 Å². The fraction of sp³-hybridized carbons (Fsp3) is 0.261. The molecule has 6 heteroatoms. The molecule has 0 N–H and O–H groups in total. The molecule has 0 radical (unpaired) electrons. The lowest BCUT2D eigenvalue weighted by Gasteiger charge is -2.27. The summed E-state index contributed by atoms with van der Waals surface area (Å²) in [7, 11) is 0. The SMILES string of the molecule is CSc1nc2c(c(-c3ccccc3C)n1)C(=O)N(Cc1ccccc1)CCCO2. The zero-order chi connectivity index (χ0) is 20.2. The molecule has 0 saturated carbocycles. The van der Waals surface area contributed by atoms with E-state index in [4.69, 9.17) is 9.72 Å². The van der Waals surface area contributed by atoms with Crippen LogP contribution < -0.4 is 4.74 Å². The van der Waals surface area contributed by atoms with E-state index in [1.54, 1.807) is 0 Å². The molecule has 2 heterocycles. The van der Waals surface area contributed by atoms with Crippen LogP contribution in [-0.4, -0.2) is 40.2 Å². The number of carbonyl (C=O) groups excluding carboxylic acids is 1. The van der Waals surface area contributed by atoms with E-state index >= 15 is 0 Å². The number of thioether (sulfide) groups is 1. The normalized spacial score (nSPS) is 14.0. The van der Waals surface area contributed by atoms with E-state index in [-0.39, 0.29) is 5.91 Å². The number of nitrogens with zero attached hydrogens (tertiary/aromatic N) is 3. The van der Waals surface area contributed by atoms with Crippen LogP contribution in [0.15, 0.2) is 59.8 Å². The van der Waals surface area contributed by atoms with E-state index in [1.807, 2.05) is 72.7 Å². The van der Waals surface area contributed by atoms with Crippen molar-refractivity contribution in [1.29, 1.82) is 0 Å². The Morgan fingerprint density at radius 1 is 1.07 bits per heavy atom. The van der Waals surface area contributed by atoms with Crippen LogP contribution in [-0.2, 0) is 6.54 Å². The van der Waals surface area contributed by atoms with Crippen molar-refractivity contribution in [2.45, 2.75) is 25.0 Å². The highest BCUT2D eigenvalue weighted by Gasteiger charge is 2.29. The highest BCUT2D eigenvalue weighted by atomic mass is 32.2. The van der Waals surface area contributed by atoms with Crippen LogP contribution in [0.2, 0.25) is 0 Å². The Hall–Kier alpha value is -2.86. The van der Waals surface area contributed by atoms with Gasteiger partial charge >= 0.3 is 0 Å². The van der Waals surface area contributed by atoms with Gasteiger partial charge in [-0.3, -0.25) is 4.79 Å². The molecule has 0 unspecified atom stereocenters. The highest BCUT2D eigenvalue weighted by molar-refractivity contribution is 7.98. The molecule has 1 aliphatic rings. The molecule has 2 aromatic carbocycles. The van der Waals surface area contributed by atoms with E-state index in [9.17, 15) is 4.79 Å². The molecule has 1 aliphatic heterocycles. The minimum absolute atomic E-state index is 0.0885. The van der Waals surface area contributed by atoms with E-state index in [2.05, 4.69) is 4.98 Å². The molecule has 1 amide bonds. The molecule has 148 valence electrons. The molecule has 3 aromatic rings. The molecule has 0 aliphatic carbocycles. The number of amides is 1. The van der Waals surface area contributed by atoms with Gasteiger partial charge in [-0.05, 0) is 30.7 Å². The number of ether oxygens (including phenoxy) is 1. The van der Waals surface area contributed by atoms with Crippen molar-refractivity contribution < 1.29 is 9.53 Å². The number of hydrogen-bond acceptors (Lipinski definition) is 5. The van der Waals surface area contributed by atoms with Crippen LogP contribution in [0.1, 0.15) is 27.9 Å². The Morgan fingerprint density at radius 3 is 2.59 bits per heavy atom. The van der Waals surface area contributed by atoms with Gasteiger partial charge in [-0.1, -0.05) is 66.4 Å². The number of aromatic nitrogens is 2. The average molecular weight is 406 g/mol. The van der Waals surface area contributed by atoms with Gasteiger partial charge in [0.05, 0.1) is 12.3 Å². The van der Waals surface area contributed by atoms with E-state index in [0.717, 1.165) is 23.1 Å². The van der Waals surface area contributed by atoms with Gasteiger partial charge in [0.25, 0.3) is 5.91 Å². The number of fused-ring (bicyclic) bond motifs is 1. The van der Waals surface area contributed by atoms with E-state index < -0.39 is 0 Å². The quantitative estimate of drug-likeness (QED) is 0.469. The van der Waals surface area contributed by atoms with E-state index in [0.29, 0.717) is 42.0 Å². The fourth-order valence-corrected chi connectivity index (χ4v) is 3.84. The number of hydrogen-bond donors (Lipinski definition) is 0. The standard InChI is InChI=1S/C23H23N3O2S/c1-16-9-6-7-12-18(16)20-19-21(25-23(24-20)29-2)28-14-8-13-26(22(19)27)15-17-10-4-3-5-11-17/h3-7,9-12H,8,13-15H2,1-2H3. The maximum atomic E-state index is 13.7. The first kappa shape index (κ1) is 19.5. The summed E-state index contributed by atoms with van der Waals surface area (Å²) >= 11 is 1.45. The van der Waals surface area contributed by atoms with Crippen molar-refractivity contribution >= 4 is 17.7 Å². The zero-order valence-corrected chi connectivity index (χ0v) is 17.4. The monoisotopic (exact) mass is 405 g/mol. The third-order valence-electron chi connectivity index (χ3n) is 4.97. The van der Waals surface area contributed by atoms with Crippen LogP contribution in [0.5, 0.6) is 5.88 Å². The van der Waals surface area contributed by atoms with Gasteiger partial charge in [0.15, 0.2) is 5.16 Å². The summed E-state index contributed by atoms with van der Waals surface area (Å²) in [6.07, 6.45) is 2.69. The molecule has 4 rings (SSSR count). The molecule has 0 bridgehead atoms. The van der Waals surface area contributed by atoms with Crippen LogP contribution in [0.25, 0.3) is 11.3 Å². The van der Waals surface area contributed by atoms with Gasteiger partial charge in [-0.25, -0.2) is 4.98 Å². The molecule has 0 spiro atoms. The average Bonchev–Trinajstić information content (AvgIpc) is 2.75. The summed E-state index contributed by atoms with van der Waals surface area (Å²) in [6, 6.07) is 18.0. The van der Waals surface area contributed by atoms with E-state index in [1.165, 1.54) is 11.8 Å². The lowest BCUT2D eigenvalue weighted by Crippen LogP contribution is -2.35. The van der Waals surface area contributed by atoms with Crippen LogP contribution in [0.4, 0.5) is 0 Å². The summed E-state index contributed by atoms with van der Waals surface area (Å²) in [5.41, 5.74) is 4.18. The first-order chi connectivity index (χ1) is 14.2. The Bertz CT molecular complexity index is 1020. The second-order valence-corrected chi connectivity index (χ2v) is 7.74. The lowest BCUT2D eigenvalue weighted by atomic mass is 10.0. The van der Waals surface area contributed by atoms with Crippen molar-refractivity contribution in [3.05, 3.63) is 71.3 Å². The molecule has 1 aromatic heterocycles. The maximum absolute atomic E-state index is 13.7. The van der Waals surface area contributed by atoms with Gasteiger partial charge in [0.2, 0.25) is 5.88 Å². The lowest BCUT2D eigenvalue weighted by molar-refractivity contribution is 0.0710. The van der Waals surface area contributed by atoms with Gasteiger partial charge in [-0.2, -0.15) is 4.98 Å². The third-order valence-corrected chi connectivity index (χ3v) is 5.51. The molecular weight excluding hydrogens is 382 g/mol. The summed E-state index contributed by atoms with van der Waals surface area (Å²) in [4.78, 5) is 24.8. The van der Waals surface area contributed by atoms with Crippen LogP contribution in [0.3, 0.4) is 0 Å². The number of rotatable bonds is 4.